The van der Waals surface area contributed by atoms with Crippen LogP contribution in [0.3, 0.4) is 0 Å². The van der Waals surface area contributed by atoms with Gasteiger partial charge in [0.05, 0.1) is 11.9 Å². The van der Waals surface area contributed by atoms with Gasteiger partial charge in [-0.15, -0.1) is 0 Å². The Hall–Kier alpha value is 0.0738. The van der Waals surface area contributed by atoms with Crippen molar-refractivity contribution in [3.63, 3.8) is 0 Å². The molecule has 92 valence electrons. The molecule has 2 aromatic rings. The van der Waals surface area contributed by atoms with Gasteiger partial charge in [-0.1, -0.05) is 47.0 Å². The first-order valence-corrected chi connectivity index (χ1v) is 7.80. The van der Waals surface area contributed by atoms with Crippen LogP contribution in [0.5, 0.6) is 0 Å². The Kier molecular flexibility index (Phi) is 14.3. The molecule has 8 heteroatoms. The van der Waals surface area contributed by atoms with Crippen LogP contribution in [0.4, 0.5) is 0 Å². The Morgan fingerprint density at radius 1 is 0.800 bits per heavy atom. The van der Waals surface area contributed by atoms with Gasteiger partial charge in [-0.05, 0) is 11.1 Å². The molecule has 20 heavy (non-hydrogen) atoms. The van der Waals surface area contributed by atoms with Crippen LogP contribution in [0.2, 0.25) is 0 Å². The van der Waals surface area contributed by atoms with Crippen LogP contribution in [-0.4, -0.2) is 30.2 Å². The maximum absolute atomic E-state index is 10.1. The minimum Gasteiger partial charge on any atom is -0.545 e. The Morgan fingerprint density at radius 3 is 1.30 bits per heavy atom. The number of carbonyl (C=O) groups excluding carboxylic acids is 2. The monoisotopic (exact) mass is 320 g/mol. The van der Waals surface area contributed by atoms with Gasteiger partial charge in [0.15, 0.2) is 0 Å². The zero-order valence-corrected chi connectivity index (χ0v) is 17.7. The third-order valence-corrected chi connectivity index (χ3v) is 4.01. The van der Waals surface area contributed by atoms with E-state index >= 15 is 0 Å². The van der Waals surface area contributed by atoms with Gasteiger partial charge in [0.2, 0.25) is 0 Å². The molecule has 0 aliphatic carbocycles. The topological polar surface area (TPSA) is 80.3 Å². The molecule has 0 bridgehead atoms. The van der Waals surface area contributed by atoms with Crippen LogP contribution in [0, 0.1) is 0 Å². The summed E-state index contributed by atoms with van der Waals surface area (Å²) < 4.78 is 0. The molecule has 0 unspecified atom stereocenters. The number of aromatic carboxylic acids is 2. The normalized spacial score (nSPS) is 8.00. The van der Waals surface area contributed by atoms with Gasteiger partial charge in [0.25, 0.3) is 0 Å². The predicted octanol–water partition coefficient (Wildman–Crippen LogP) is -7.75. The zero-order valence-electron chi connectivity index (χ0n) is 11.4. The SMILES string of the molecule is O=C([O-])c1ccc[siH]c1.O=C([O-])c1ccc[siH]c1.[Na+].[Na+]. The van der Waals surface area contributed by atoms with E-state index in [1.165, 1.54) is 0 Å². The number of carboxylic acid groups (broad SMARTS) is 2. The van der Waals surface area contributed by atoms with Gasteiger partial charge >= 0.3 is 59.1 Å². The van der Waals surface area contributed by atoms with Crippen molar-refractivity contribution in [3.8, 4) is 0 Å². The number of hydrogen-bond donors (Lipinski definition) is 0. The Balaban J connectivity index is 0. The zero-order chi connectivity index (χ0) is 13.4. The van der Waals surface area contributed by atoms with Crippen LogP contribution in [0.1, 0.15) is 20.7 Å². The summed E-state index contributed by atoms with van der Waals surface area (Å²) in [5, 5.41) is 20.2. The second-order valence-corrected chi connectivity index (χ2v) is 5.51. The van der Waals surface area contributed by atoms with E-state index in [4.69, 9.17) is 0 Å². The molecule has 0 aromatic carbocycles. The van der Waals surface area contributed by atoms with Crippen molar-refractivity contribution in [2.75, 3.05) is 0 Å². The second-order valence-electron chi connectivity index (χ2n) is 3.31. The first-order chi connectivity index (χ1) is 8.61. The standard InChI is InChI=1S/2C6H6O2Si.2Na/c2*7-6(8)5-2-1-3-9-4-5;;/h2*1-4,9H,(H,7,8);;/q;;2*+1/p-2. The molecular weight excluding hydrogens is 310 g/mol. The van der Waals surface area contributed by atoms with Gasteiger partial charge in [0, 0.05) is 18.2 Å². The molecule has 0 aliphatic heterocycles. The Bertz CT molecular complexity index is 474. The van der Waals surface area contributed by atoms with Crippen LogP contribution >= 0.6 is 0 Å². The second kappa shape index (κ2) is 12.8. The average molecular weight is 320 g/mol. The van der Waals surface area contributed by atoms with Crippen molar-refractivity contribution in [3.05, 3.63) is 58.1 Å². The molecule has 0 fully saturated rings. The Morgan fingerprint density at radius 2 is 1.15 bits per heavy atom. The first kappa shape index (κ1) is 22.4. The van der Waals surface area contributed by atoms with E-state index in [2.05, 4.69) is 0 Å². The van der Waals surface area contributed by atoms with Crippen molar-refractivity contribution >= 4 is 30.2 Å². The molecule has 2 rings (SSSR count). The number of hydrogen-bond acceptors (Lipinski definition) is 4. The quantitative estimate of drug-likeness (QED) is 0.515. The molecule has 0 spiro atoms. The average Bonchev–Trinajstić information content (AvgIpc) is 2.41. The summed E-state index contributed by atoms with van der Waals surface area (Å²) in [5.74, 6) is -2.15. The van der Waals surface area contributed by atoms with Gasteiger partial charge in [-0.3, -0.25) is 0 Å². The number of carboxylic acids is 2. The summed E-state index contributed by atoms with van der Waals surface area (Å²) in [5.41, 5.74) is 7.96. The smallest absolute Gasteiger partial charge is 0.545 e. The van der Waals surface area contributed by atoms with E-state index in [1.807, 2.05) is 11.4 Å². The minimum atomic E-state index is -1.08. The van der Waals surface area contributed by atoms with Crippen LogP contribution < -0.4 is 69.3 Å². The molecule has 0 saturated heterocycles. The number of carbonyl (C=O) groups is 2. The fourth-order valence-corrected chi connectivity index (χ4v) is 2.76. The molecule has 2 heterocycles. The fourth-order valence-electron chi connectivity index (χ4n) is 1.15. The van der Waals surface area contributed by atoms with E-state index in [0.717, 1.165) is 0 Å². The predicted molar refractivity (Wildman–Crippen MR) is 67.0 cm³/mol. The van der Waals surface area contributed by atoms with Crippen molar-refractivity contribution in [1.82, 2.24) is 0 Å². The minimum absolute atomic E-state index is 0. The Labute approximate surface area is 165 Å². The van der Waals surface area contributed by atoms with Crippen molar-refractivity contribution < 1.29 is 78.9 Å². The maximum atomic E-state index is 10.1. The third kappa shape index (κ3) is 9.09. The summed E-state index contributed by atoms with van der Waals surface area (Å²) in [4.78, 5) is 20.2. The van der Waals surface area contributed by atoms with Crippen molar-refractivity contribution in [2.24, 2.45) is 0 Å². The first-order valence-electron chi connectivity index (χ1n) is 5.14. The van der Waals surface area contributed by atoms with Crippen LogP contribution in [0.25, 0.3) is 0 Å². The van der Waals surface area contributed by atoms with Crippen molar-refractivity contribution in [2.45, 2.75) is 0 Å². The molecule has 2 aromatic heterocycles. The van der Waals surface area contributed by atoms with Crippen molar-refractivity contribution in [1.29, 1.82) is 0 Å². The third-order valence-electron chi connectivity index (χ3n) is 2.02. The molecule has 0 atom stereocenters. The van der Waals surface area contributed by atoms with E-state index in [9.17, 15) is 19.8 Å². The summed E-state index contributed by atoms with van der Waals surface area (Å²) in [6.45, 7) is 0. The number of rotatable bonds is 2. The van der Waals surface area contributed by atoms with Crippen LogP contribution in [0.15, 0.2) is 47.0 Å². The molecule has 0 amide bonds. The van der Waals surface area contributed by atoms with Gasteiger partial charge in [-0.2, -0.15) is 0 Å². The van der Waals surface area contributed by atoms with Gasteiger partial charge in [-0.25, -0.2) is 0 Å². The largest absolute Gasteiger partial charge is 1.00 e. The van der Waals surface area contributed by atoms with E-state index in [1.54, 1.807) is 35.6 Å². The summed E-state index contributed by atoms with van der Waals surface area (Å²) >= 11 is 0. The van der Waals surface area contributed by atoms with E-state index in [0.29, 0.717) is 11.1 Å². The van der Waals surface area contributed by atoms with E-state index in [-0.39, 0.29) is 77.4 Å². The van der Waals surface area contributed by atoms with Crippen LogP contribution in [-0.2, 0) is 0 Å². The van der Waals surface area contributed by atoms with E-state index < -0.39 is 11.9 Å². The molecular formula is C12H10Na2O4Si2. The molecule has 0 radical (unpaired) electrons. The summed E-state index contributed by atoms with van der Waals surface area (Å²) in [6.07, 6.45) is 0. The molecule has 0 aliphatic rings. The van der Waals surface area contributed by atoms with Gasteiger partial charge < -0.3 is 19.8 Å². The molecule has 0 saturated carbocycles. The fraction of sp³-hybridized carbons (Fsp3) is 0. The summed E-state index contributed by atoms with van der Waals surface area (Å²) in [6, 6.07) is 6.60. The maximum Gasteiger partial charge on any atom is 1.00 e. The van der Waals surface area contributed by atoms with Gasteiger partial charge in [0.1, 0.15) is 0 Å². The molecule has 0 N–H and O–H groups in total. The summed E-state index contributed by atoms with van der Waals surface area (Å²) in [7, 11) is 0.104. The molecule has 4 nitrogen and oxygen atoms in total.